The maximum Gasteiger partial charge on any atom is 0.410 e. The summed E-state index contributed by atoms with van der Waals surface area (Å²) in [7, 11) is -3.62. The summed E-state index contributed by atoms with van der Waals surface area (Å²) in [6.07, 6.45) is 1.77. The lowest BCUT2D eigenvalue weighted by Crippen LogP contribution is -2.41. The molecule has 0 saturated carbocycles. The van der Waals surface area contributed by atoms with Crippen molar-refractivity contribution in [1.82, 2.24) is 19.6 Å². The zero-order chi connectivity index (χ0) is 26.4. The van der Waals surface area contributed by atoms with Crippen LogP contribution in [-0.2, 0) is 25.1 Å². The second kappa shape index (κ2) is 9.75. The van der Waals surface area contributed by atoms with Gasteiger partial charge in [0.25, 0.3) is 5.91 Å². The van der Waals surface area contributed by atoms with Crippen LogP contribution >= 0.6 is 0 Å². The van der Waals surface area contributed by atoms with Gasteiger partial charge in [0.05, 0.1) is 35.6 Å². The van der Waals surface area contributed by atoms with Crippen molar-refractivity contribution in [3.05, 3.63) is 35.5 Å². The molecular weight excluding hydrogens is 496 g/mol. The van der Waals surface area contributed by atoms with E-state index in [1.54, 1.807) is 28.0 Å². The molecule has 2 amide bonds. The Balaban J connectivity index is 1.53. The minimum atomic E-state index is -3.62. The Morgan fingerprint density at radius 3 is 2.49 bits per heavy atom. The van der Waals surface area contributed by atoms with Gasteiger partial charge in [0.15, 0.2) is 15.5 Å². The number of amides is 2. The summed E-state index contributed by atoms with van der Waals surface area (Å²) in [6.45, 7) is 8.37. The van der Waals surface area contributed by atoms with Crippen LogP contribution < -0.4 is 0 Å². The summed E-state index contributed by atoms with van der Waals surface area (Å²) in [5.41, 5.74) is 1.35. The second-order valence-electron chi connectivity index (χ2n) is 10.8. The number of carbonyl (C=O) groups excluding carboxylic acids is 2. The Morgan fingerprint density at radius 1 is 1.03 bits per heavy atom. The predicted molar refractivity (Wildman–Crippen MR) is 136 cm³/mol. The van der Waals surface area contributed by atoms with Gasteiger partial charge in [-0.1, -0.05) is 18.2 Å². The molecule has 3 aliphatic heterocycles. The molecule has 0 aliphatic carbocycles. The van der Waals surface area contributed by atoms with Gasteiger partial charge in [-0.25, -0.2) is 13.2 Å². The fraction of sp³-hybridized carbons (Fsp3) is 0.577. The van der Waals surface area contributed by atoms with Crippen molar-refractivity contribution in [3.8, 4) is 11.3 Å². The molecule has 1 atom stereocenters. The average Bonchev–Trinajstić information content (AvgIpc) is 3.04. The molecule has 2 saturated heterocycles. The summed E-state index contributed by atoms with van der Waals surface area (Å²) in [5, 5.41) is 4.81. The van der Waals surface area contributed by atoms with E-state index in [9.17, 15) is 18.0 Å². The van der Waals surface area contributed by atoms with Gasteiger partial charge < -0.3 is 19.3 Å². The first-order valence-electron chi connectivity index (χ1n) is 12.8. The van der Waals surface area contributed by atoms with Crippen molar-refractivity contribution in [2.75, 3.05) is 39.4 Å². The SMILES string of the molecule is CC(C)(C)OC(=O)N1CCC[C@@H](n2nc(C(=O)N3CCOCC3)c3c2-c2ccccc2S(=O)(=O)C3)CC1. The molecule has 5 rings (SSSR count). The van der Waals surface area contributed by atoms with E-state index < -0.39 is 15.4 Å². The Labute approximate surface area is 217 Å². The summed E-state index contributed by atoms with van der Waals surface area (Å²) in [4.78, 5) is 29.9. The second-order valence-corrected chi connectivity index (χ2v) is 12.8. The molecule has 200 valence electrons. The largest absolute Gasteiger partial charge is 0.444 e. The van der Waals surface area contributed by atoms with Gasteiger partial charge in [-0.05, 0) is 46.1 Å². The molecule has 0 N–H and O–H groups in total. The van der Waals surface area contributed by atoms with Crippen LogP contribution in [0.25, 0.3) is 11.3 Å². The first kappa shape index (κ1) is 25.7. The fourth-order valence-electron chi connectivity index (χ4n) is 5.28. The number of ether oxygens (including phenoxy) is 2. The van der Waals surface area contributed by atoms with Crippen molar-refractivity contribution in [3.63, 3.8) is 0 Å². The van der Waals surface area contributed by atoms with Crippen molar-refractivity contribution in [1.29, 1.82) is 0 Å². The number of fused-ring (bicyclic) bond motifs is 3. The molecule has 4 heterocycles. The van der Waals surface area contributed by atoms with Crippen LogP contribution in [0.4, 0.5) is 4.79 Å². The molecule has 10 nitrogen and oxygen atoms in total. The van der Waals surface area contributed by atoms with Gasteiger partial charge in [0, 0.05) is 37.3 Å². The van der Waals surface area contributed by atoms with E-state index in [4.69, 9.17) is 14.6 Å². The average molecular weight is 531 g/mol. The number of morpholine rings is 1. The van der Waals surface area contributed by atoms with Crippen LogP contribution in [0.1, 0.15) is 62.1 Å². The molecule has 0 unspecified atom stereocenters. The van der Waals surface area contributed by atoms with E-state index in [2.05, 4.69) is 0 Å². The van der Waals surface area contributed by atoms with Crippen molar-refractivity contribution in [2.24, 2.45) is 0 Å². The van der Waals surface area contributed by atoms with Gasteiger partial charge in [-0.2, -0.15) is 5.10 Å². The third-order valence-corrected chi connectivity index (χ3v) is 8.71. The number of benzene rings is 1. The molecule has 3 aliphatic rings. The number of sulfone groups is 1. The van der Waals surface area contributed by atoms with Gasteiger partial charge in [0.2, 0.25) is 0 Å². The molecule has 0 spiro atoms. The quantitative estimate of drug-likeness (QED) is 0.586. The summed E-state index contributed by atoms with van der Waals surface area (Å²) < 4.78 is 39.3. The van der Waals surface area contributed by atoms with E-state index in [1.165, 1.54) is 0 Å². The lowest BCUT2D eigenvalue weighted by atomic mass is 10.0. The Bertz CT molecular complexity index is 1310. The topological polar surface area (TPSA) is 111 Å². The smallest absolute Gasteiger partial charge is 0.410 e. The zero-order valence-electron chi connectivity index (χ0n) is 21.6. The highest BCUT2D eigenvalue weighted by Gasteiger charge is 2.38. The third-order valence-electron chi connectivity index (χ3n) is 7.02. The first-order valence-corrected chi connectivity index (χ1v) is 14.5. The molecule has 1 aromatic heterocycles. The summed E-state index contributed by atoms with van der Waals surface area (Å²) >= 11 is 0. The number of hydrogen-bond donors (Lipinski definition) is 0. The Hall–Kier alpha value is -2.92. The molecule has 1 aromatic carbocycles. The van der Waals surface area contributed by atoms with Gasteiger partial charge in [-0.3, -0.25) is 9.48 Å². The van der Waals surface area contributed by atoms with Crippen LogP contribution in [-0.4, -0.2) is 85.0 Å². The molecule has 0 radical (unpaired) electrons. The summed E-state index contributed by atoms with van der Waals surface area (Å²) in [5.74, 6) is -0.529. The van der Waals surface area contributed by atoms with Gasteiger partial charge in [0.1, 0.15) is 5.60 Å². The molecule has 11 heteroatoms. The first-order chi connectivity index (χ1) is 17.5. The molecular formula is C26H34N4O6S. The normalized spacial score (nSPS) is 21.5. The molecule has 2 aromatic rings. The van der Waals surface area contributed by atoms with E-state index in [1.807, 2.05) is 31.5 Å². The van der Waals surface area contributed by atoms with Crippen molar-refractivity contribution < 1.29 is 27.5 Å². The monoisotopic (exact) mass is 530 g/mol. The standard InChI is InChI=1S/C26H34N4O6S/c1-26(2,3)36-25(32)29-11-6-7-18(10-12-29)30-23-19-8-4-5-9-21(19)37(33,34)17-20(23)22(27-30)24(31)28-13-15-35-16-14-28/h4-5,8-9,18H,6-7,10-17H2,1-3H3/t18-/m1/s1. The molecule has 0 bridgehead atoms. The Kier molecular flexibility index (Phi) is 6.78. The van der Waals surface area contributed by atoms with Gasteiger partial charge in [-0.15, -0.1) is 0 Å². The van der Waals surface area contributed by atoms with Crippen LogP contribution in [0.2, 0.25) is 0 Å². The lowest BCUT2D eigenvalue weighted by Gasteiger charge is -2.26. The lowest BCUT2D eigenvalue weighted by molar-refractivity contribution is 0.0255. The maximum absolute atomic E-state index is 13.6. The minimum Gasteiger partial charge on any atom is -0.444 e. The Morgan fingerprint density at radius 2 is 1.76 bits per heavy atom. The molecule has 37 heavy (non-hydrogen) atoms. The number of aromatic nitrogens is 2. The van der Waals surface area contributed by atoms with Crippen LogP contribution in [0.15, 0.2) is 29.2 Å². The predicted octanol–water partition coefficient (Wildman–Crippen LogP) is 3.27. The van der Waals surface area contributed by atoms with E-state index in [0.717, 1.165) is 12.8 Å². The van der Waals surface area contributed by atoms with E-state index in [-0.39, 0.29) is 34.4 Å². The third kappa shape index (κ3) is 5.11. The van der Waals surface area contributed by atoms with Gasteiger partial charge >= 0.3 is 6.09 Å². The highest BCUT2D eigenvalue weighted by atomic mass is 32.2. The maximum atomic E-state index is 13.6. The van der Waals surface area contributed by atoms with E-state index >= 15 is 0 Å². The number of rotatable bonds is 2. The van der Waals surface area contributed by atoms with Crippen molar-refractivity contribution >= 4 is 21.8 Å². The number of nitrogens with zero attached hydrogens (tertiary/aromatic N) is 4. The van der Waals surface area contributed by atoms with E-state index in [0.29, 0.717) is 62.6 Å². The highest BCUT2D eigenvalue weighted by molar-refractivity contribution is 7.90. The van der Waals surface area contributed by atoms with Crippen molar-refractivity contribution in [2.45, 2.75) is 62.3 Å². The fourth-order valence-corrected chi connectivity index (χ4v) is 6.87. The molecule has 2 fully saturated rings. The van der Waals surface area contributed by atoms with Crippen LogP contribution in [0, 0.1) is 0 Å². The highest BCUT2D eigenvalue weighted by Crippen LogP contribution is 2.42. The number of hydrogen-bond acceptors (Lipinski definition) is 7. The van der Waals surface area contributed by atoms with Crippen LogP contribution in [0.5, 0.6) is 0 Å². The zero-order valence-corrected chi connectivity index (χ0v) is 22.4. The van der Waals surface area contributed by atoms with Crippen LogP contribution in [0.3, 0.4) is 0 Å². The number of carbonyl (C=O) groups is 2. The number of likely N-dealkylation sites (tertiary alicyclic amines) is 1. The minimum absolute atomic E-state index is 0.0960. The summed E-state index contributed by atoms with van der Waals surface area (Å²) in [6, 6.07) is 6.83.